The van der Waals surface area contributed by atoms with Crippen molar-refractivity contribution in [1.82, 2.24) is 9.55 Å². The average Bonchev–Trinajstić information content (AvgIpc) is 3.05. The molecule has 1 aromatic heterocycles. The summed E-state index contributed by atoms with van der Waals surface area (Å²) in [6.07, 6.45) is 1.06. The van der Waals surface area contributed by atoms with Gasteiger partial charge in [-0.3, -0.25) is 4.57 Å². The Hall–Kier alpha value is -2.78. The summed E-state index contributed by atoms with van der Waals surface area (Å²) in [5, 5.41) is 4.85. The van der Waals surface area contributed by atoms with Crippen LogP contribution < -0.4 is 14.8 Å². The third-order valence-corrected chi connectivity index (χ3v) is 5.32. The van der Waals surface area contributed by atoms with E-state index in [1.54, 1.807) is 30.3 Å². The van der Waals surface area contributed by atoms with E-state index in [-0.39, 0.29) is 18.4 Å². The van der Waals surface area contributed by atoms with E-state index in [0.29, 0.717) is 33.9 Å². The van der Waals surface area contributed by atoms with Crippen molar-refractivity contribution in [1.29, 1.82) is 0 Å². The first-order chi connectivity index (χ1) is 15.4. The number of benzene rings is 2. The van der Waals surface area contributed by atoms with E-state index < -0.39 is 18.0 Å². The molecule has 4 rings (SSSR count). The number of hydrogen-bond acceptors (Lipinski definition) is 7. The summed E-state index contributed by atoms with van der Waals surface area (Å²) in [7, 11) is 0. The van der Waals surface area contributed by atoms with E-state index in [1.165, 1.54) is 10.8 Å². The zero-order valence-corrected chi connectivity index (χ0v) is 18.7. The summed E-state index contributed by atoms with van der Waals surface area (Å²) in [6.45, 7) is 0.915. The average molecular weight is 497 g/mol. The highest BCUT2D eigenvalue weighted by Gasteiger charge is 2.29. The third kappa shape index (κ3) is 5.52. The third-order valence-electron chi connectivity index (χ3n) is 4.52. The molecule has 1 unspecified atom stereocenters. The maximum absolute atomic E-state index is 11.6. The molecule has 8 nitrogen and oxygen atoms in total. The minimum absolute atomic E-state index is 0.0268. The second-order valence-electron chi connectivity index (χ2n) is 6.86. The Kier molecular flexibility index (Phi) is 6.86. The normalized spacial score (nSPS) is 13.8. The van der Waals surface area contributed by atoms with E-state index in [1.807, 2.05) is 12.1 Å². The van der Waals surface area contributed by atoms with Crippen LogP contribution in [0.1, 0.15) is 5.56 Å². The molecule has 0 spiro atoms. The maximum Gasteiger partial charge on any atom is 0.425 e. The SMILES string of the molecule is O=C1Oc2cn(CC(CNc3ccc(Cl)cc3Cl)OCc3ccc(Cl)cc3)c(n2)OC1=O. The molecule has 3 aromatic rings. The lowest BCUT2D eigenvalue weighted by Gasteiger charge is -2.21. The van der Waals surface area contributed by atoms with E-state index in [4.69, 9.17) is 49.0 Å². The summed E-state index contributed by atoms with van der Waals surface area (Å²) in [5.41, 5.74) is 1.61. The zero-order chi connectivity index (χ0) is 22.7. The number of carbonyl (C=O) groups excluding carboxylic acids is 2. The van der Waals surface area contributed by atoms with E-state index in [9.17, 15) is 9.59 Å². The Labute approximate surface area is 197 Å². The molecule has 0 saturated carbocycles. The Balaban J connectivity index is 1.49. The van der Waals surface area contributed by atoms with Gasteiger partial charge in [-0.1, -0.05) is 46.9 Å². The number of halogens is 3. The first-order valence-corrected chi connectivity index (χ1v) is 10.6. The van der Waals surface area contributed by atoms with Crippen LogP contribution in [0, 0.1) is 0 Å². The second kappa shape index (κ2) is 9.79. The fourth-order valence-corrected chi connectivity index (χ4v) is 3.55. The van der Waals surface area contributed by atoms with Crippen LogP contribution in [0.2, 0.25) is 15.1 Å². The lowest BCUT2D eigenvalue weighted by atomic mass is 10.2. The van der Waals surface area contributed by atoms with Gasteiger partial charge in [-0.15, -0.1) is 0 Å². The lowest BCUT2D eigenvalue weighted by Crippen LogP contribution is -2.30. The number of hydrogen-bond donors (Lipinski definition) is 1. The van der Waals surface area contributed by atoms with Crippen molar-refractivity contribution in [2.24, 2.45) is 0 Å². The van der Waals surface area contributed by atoms with Crippen LogP contribution in [-0.2, 0) is 27.5 Å². The summed E-state index contributed by atoms with van der Waals surface area (Å²) in [6, 6.07) is 12.4. The molecule has 0 amide bonds. The highest BCUT2D eigenvalue weighted by atomic mass is 35.5. The molecule has 11 heteroatoms. The molecule has 0 saturated heterocycles. The molecular formula is C21H16Cl3N3O5. The van der Waals surface area contributed by atoms with Crippen molar-refractivity contribution in [3.63, 3.8) is 0 Å². The number of imidazole rings is 1. The van der Waals surface area contributed by atoms with Crippen molar-refractivity contribution in [3.8, 4) is 11.9 Å². The maximum atomic E-state index is 11.6. The van der Waals surface area contributed by atoms with Gasteiger partial charge in [0.05, 0.1) is 36.2 Å². The Morgan fingerprint density at radius 3 is 2.47 bits per heavy atom. The summed E-state index contributed by atoms with van der Waals surface area (Å²) in [4.78, 5) is 27.1. The number of nitrogens with zero attached hydrogens (tertiary/aromatic N) is 2. The van der Waals surface area contributed by atoms with Gasteiger partial charge in [-0.05, 0) is 35.9 Å². The second-order valence-corrected chi connectivity index (χ2v) is 8.14. The largest absolute Gasteiger partial charge is 0.425 e. The van der Waals surface area contributed by atoms with Crippen molar-refractivity contribution in [3.05, 3.63) is 69.3 Å². The summed E-state index contributed by atoms with van der Waals surface area (Å²) in [5.74, 6) is -2.29. The van der Waals surface area contributed by atoms with Gasteiger partial charge < -0.3 is 19.5 Å². The number of nitrogens with one attached hydrogen (secondary N) is 1. The topological polar surface area (TPSA) is 91.7 Å². The first-order valence-electron chi connectivity index (χ1n) is 9.43. The van der Waals surface area contributed by atoms with Gasteiger partial charge in [0.25, 0.3) is 0 Å². The van der Waals surface area contributed by atoms with Crippen LogP contribution in [-0.4, -0.2) is 34.1 Å². The number of ether oxygens (including phenoxy) is 3. The van der Waals surface area contributed by atoms with Crippen molar-refractivity contribution in [2.75, 3.05) is 11.9 Å². The Morgan fingerprint density at radius 1 is 1.00 bits per heavy atom. The lowest BCUT2D eigenvalue weighted by molar-refractivity contribution is -0.156. The predicted molar refractivity (Wildman–Crippen MR) is 118 cm³/mol. The zero-order valence-electron chi connectivity index (χ0n) is 16.4. The molecule has 1 atom stereocenters. The quantitative estimate of drug-likeness (QED) is 0.366. The van der Waals surface area contributed by atoms with Gasteiger partial charge in [-0.2, -0.15) is 4.98 Å². The molecule has 2 aromatic carbocycles. The number of rotatable bonds is 8. The van der Waals surface area contributed by atoms with Crippen LogP contribution in [0.25, 0.3) is 0 Å². The van der Waals surface area contributed by atoms with E-state index in [0.717, 1.165) is 5.56 Å². The molecule has 1 N–H and O–H groups in total. The van der Waals surface area contributed by atoms with Gasteiger partial charge in [0.1, 0.15) is 0 Å². The highest BCUT2D eigenvalue weighted by Crippen LogP contribution is 2.26. The number of aromatic nitrogens is 2. The van der Waals surface area contributed by atoms with Crippen molar-refractivity contribution in [2.45, 2.75) is 19.3 Å². The fourth-order valence-electron chi connectivity index (χ4n) is 2.95. The molecule has 0 aliphatic carbocycles. The van der Waals surface area contributed by atoms with Crippen LogP contribution >= 0.6 is 34.8 Å². The van der Waals surface area contributed by atoms with Gasteiger partial charge in [-0.25, -0.2) is 9.59 Å². The van der Waals surface area contributed by atoms with E-state index in [2.05, 4.69) is 10.3 Å². The monoisotopic (exact) mass is 495 g/mol. The van der Waals surface area contributed by atoms with Gasteiger partial charge in [0.2, 0.25) is 5.88 Å². The molecule has 1 aliphatic rings. The molecule has 0 radical (unpaired) electrons. The molecule has 32 heavy (non-hydrogen) atoms. The minimum Gasteiger partial charge on any atom is -0.397 e. The van der Waals surface area contributed by atoms with Gasteiger partial charge in [0.15, 0.2) is 0 Å². The van der Waals surface area contributed by atoms with Crippen molar-refractivity contribution >= 4 is 52.4 Å². The molecule has 166 valence electrons. The van der Waals surface area contributed by atoms with Crippen LogP contribution in [0.5, 0.6) is 11.9 Å². The van der Waals surface area contributed by atoms with Crippen LogP contribution in [0.4, 0.5) is 5.69 Å². The molecule has 2 bridgehead atoms. The molecule has 1 aliphatic heterocycles. The Morgan fingerprint density at radius 2 is 1.72 bits per heavy atom. The van der Waals surface area contributed by atoms with Crippen LogP contribution in [0.15, 0.2) is 48.7 Å². The number of fused-ring (bicyclic) bond motifs is 2. The smallest absolute Gasteiger partial charge is 0.397 e. The van der Waals surface area contributed by atoms with Gasteiger partial charge >= 0.3 is 17.9 Å². The van der Waals surface area contributed by atoms with E-state index >= 15 is 0 Å². The Bertz CT molecular complexity index is 1150. The van der Waals surface area contributed by atoms with Gasteiger partial charge in [0, 0.05) is 16.6 Å². The summed E-state index contributed by atoms with van der Waals surface area (Å²) >= 11 is 18.1. The van der Waals surface area contributed by atoms with Crippen molar-refractivity contribution < 1.29 is 23.8 Å². The highest BCUT2D eigenvalue weighted by molar-refractivity contribution is 6.36. The standard InChI is InChI=1S/C21H16Cl3N3O5/c22-13-3-1-12(2-4-13)11-30-15(8-25-17-6-5-14(23)7-16(17)24)9-27-10-18-26-21(27)32-20(29)19(28)31-18/h1-7,10,15,25H,8-9,11H2. The minimum atomic E-state index is -1.14. The summed E-state index contributed by atoms with van der Waals surface area (Å²) < 4.78 is 17.5. The predicted octanol–water partition coefficient (Wildman–Crippen LogP) is 4.37. The first kappa shape index (κ1) is 22.4. The molecule has 0 fully saturated rings. The number of anilines is 1. The molecular weight excluding hydrogens is 481 g/mol. The van der Waals surface area contributed by atoms with Crippen LogP contribution in [0.3, 0.4) is 0 Å². The number of esters is 2. The molecule has 2 heterocycles. The fraction of sp³-hybridized carbons (Fsp3) is 0.190. The number of carbonyl (C=O) groups is 2.